The molecule has 14 heteroatoms. The number of carboxylic acids is 4. The first kappa shape index (κ1) is 22.7. The van der Waals surface area contributed by atoms with Crippen LogP contribution in [0.15, 0.2) is 0 Å². The minimum atomic E-state index is -1.20. The fourth-order valence-electron chi connectivity index (χ4n) is 3.54. The van der Waals surface area contributed by atoms with Crippen LogP contribution in [-0.4, -0.2) is 114 Å². The molecule has 0 atom stereocenters. The quantitative estimate of drug-likeness (QED) is 0.298. The van der Waals surface area contributed by atoms with E-state index in [0.29, 0.717) is 0 Å². The van der Waals surface area contributed by atoms with Crippen molar-refractivity contribution in [3.63, 3.8) is 0 Å². The van der Waals surface area contributed by atoms with Crippen molar-refractivity contribution in [3.8, 4) is 0 Å². The summed E-state index contributed by atoms with van der Waals surface area (Å²) >= 11 is 0. The van der Waals surface area contributed by atoms with Gasteiger partial charge >= 0.3 is 35.9 Å². The zero-order valence-corrected chi connectivity index (χ0v) is 15.8. The van der Waals surface area contributed by atoms with Crippen molar-refractivity contribution in [1.82, 2.24) is 19.6 Å². The molecule has 0 aromatic carbocycles. The summed E-state index contributed by atoms with van der Waals surface area (Å²) in [4.78, 5) is 74.1. The standard InChI is InChI=1S/C16H22N4O10/c21-9(22)1-5-17-13-14(19(15(17)29)7-3-11(25)26)20(8-4-12(27)28)16(30)18(13)6-2-10(23)24/h13-14H,1-8H2,(H,21,22)(H,23,24)(H,25,26)(H,27,28). The number of hydrogen-bond donors (Lipinski definition) is 4. The molecule has 166 valence electrons. The second-order valence-corrected chi connectivity index (χ2v) is 6.74. The molecule has 4 amide bonds. The van der Waals surface area contributed by atoms with E-state index in [1.54, 1.807) is 0 Å². The highest BCUT2D eigenvalue weighted by atomic mass is 16.4. The SMILES string of the molecule is O=C(O)CCN1C(=O)N(CCC(=O)O)C2C1N(CCC(=O)O)C(=O)N2CCC(=O)O. The molecule has 0 aliphatic carbocycles. The first-order valence-corrected chi connectivity index (χ1v) is 9.06. The number of rotatable bonds is 12. The first-order chi connectivity index (χ1) is 14.0. The van der Waals surface area contributed by atoms with Crippen LogP contribution in [-0.2, 0) is 19.2 Å². The molecule has 14 nitrogen and oxygen atoms in total. The fourth-order valence-corrected chi connectivity index (χ4v) is 3.54. The second kappa shape index (κ2) is 9.28. The Kier molecular flexibility index (Phi) is 7.02. The molecule has 2 rings (SSSR count). The molecule has 0 spiro atoms. The van der Waals surface area contributed by atoms with Gasteiger partial charge in [0.2, 0.25) is 0 Å². The average Bonchev–Trinajstić information content (AvgIpc) is 3.05. The minimum Gasteiger partial charge on any atom is -0.481 e. The number of urea groups is 2. The highest BCUT2D eigenvalue weighted by molar-refractivity contribution is 5.86. The number of carbonyl (C=O) groups excluding carboxylic acids is 2. The van der Waals surface area contributed by atoms with E-state index in [9.17, 15) is 28.8 Å². The van der Waals surface area contributed by atoms with Crippen LogP contribution in [0.3, 0.4) is 0 Å². The first-order valence-electron chi connectivity index (χ1n) is 9.06. The number of hydrogen-bond acceptors (Lipinski definition) is 6. The van der Waals surface area contributed by atoms with Crippen molar-refractivity contribution in [1.29, 1.82) is 0 Å². The van der Waals surface area contributed by atoms with E-state index in [-0.39, 0.29) is 26.2 Å². The third kappa shape index (κ3) is 4.87. The van der Waals surface area contributed by atoms with Gasteiger partial charge < -0.3 is 20.4 Å². The van der Waals surface area contributed by atoms with Gasteiger partial charge in [0.1, 0.15) is 12.3 Å². The van der Waals surface area contributed by atoms with Gasteiger partial charge in [-0.05, 0) is 0 Å². The van der Waals surface area contributed by atoms with Crippen LogP contribution in [0.25, 0.3) is 0 Å². The van der Waals surface area contributed by atoms with Crippen LogP contribution in [0, 0.1) is 0 Å². The largest absolute Gasteiger partial charge is 0.481 e. The zero-order valence-electron chi connectivity index (χ0n) is 15.8. The third-order valence-electron chi connectivity index (χ3n) is 4.79. The Morgan fingerprint density at radius 2 is 0.733 bits per heavy atom. The van der Waals surface area contributed by atoms with Crippen molar-refractivity contribution in [2.45, 2.75) is 38.0 Å². The van der Waals surface area contributed by atoms with E-state index >= 15 is 0 Å². The molecule has 2 fully saturated rings. The van der Waals surface area contributed by atoms with E-state index in [0.717, 1.165) is 19.6 Å². The lowest BCUT2D eigenvalue weighted by atomic mass is 10.2. The van der Waals surface area contributed by atoms with Crippen LogP contribution < -0.4 is 0 Å². The Morgan fingerprint density at radius 3 is 0.900 bits per heavy atom. The van der Waals surface area contributed by atoms with Crippen molar-refractivity contribution >= 4 is 35.9 Å². The molecule has 2 saturated heterocycles. The van der Waals surface area contributed by atoms with Gasteiger partial charge in [0.25, 0.3) is 0 Å². The maximum absolute atomic E-state index is 12.9. The third-order valence-corrected chi connectivity index (χ3v) is 4.79. The van der Waals surface area contributed by atoms with E-state index in [1.165, 1.54) is 0 Å². The molecule has 0 unspecified atom stereocenters. The summed E-state index contributed by atoms with van der Waals surface area (Å²) in [6.45, 7) is -1.16. The van der Waals surface area contributed by atoms with Crippen LogP contribution in [0.5, 0.6) is 0 Å². The average molecular weight is 430 g/mol. The van der Waals surface area contributed by atoms with Crippen LogP contribution in [0.1, 0.15) is 25.7 Å². The molecule has 0 radical (unpaired) electrons. The molecule has 30 heavy (non-hydrogen) atoms. The zero-order chi connectivity index (χ0) is 22.6. The van der Waals surface area contributed by atoms with E-state index in [1.807, 2.05) is 0 Å². The normalized spacial score (nSPS) is 20.7. The lowest BCUT2D eigenvalue weighted by Gasteiger charge is -2.29. The van der Waals surface area contributed by atoms with E-state index in [4.69, 9.17) is 20.4 Å². The number of aliphatic carboxylic acids is 4. The van der Waals surface area contributed by atoms with Crippen LogP contribution in [0.4, 0.5) is 9.59 Å². The molecule has 0 saturated carbocycles. The fraction of sp³-hybridized carbons (Fsp3) is 0.625. The van der Waals surface area contributed by atoms with Gasteiger partial charge in [0.15, 0.2) is 0 Å². The Hall–Kier alpha value is -3.58. The smallest absolute Gasteiger partial charge is 0.323 e. The summed E-state index contributed by atoms with van der Waals surface area (Å²) in [6, 6.07) is -1.42. The minimum absolute atomic E-state index is 0.289. The van der Waals surface area contributed by atoms with Gasteiger partial charge in [-0.3, -0.25) is 38.8 Å². The maximum atomic E-state index is 12.9. The molecule has 2 aliphatic heterocycles. The number of amides is 4. The summed E-state index contributed by atoms with van der Waals surface area (Å²) in [6.07, 6.45) is -3.91. The van der Waals surface area contributed by atoms with Gasteiger partial charge in [-0.1, -0.05) is 0 Å². The molecular formula is C16H22N4O10. The highest BCUT2D eigenvalue weighted by Gasteiger charge is 2.58. The maximum Gasteiger partial charge on any atom is 0.323 e. The number of carbonyl (C=O) groups is 6. The monoisotopic (exact) mass is 430 g/mol. The summed E-state index contributed by atoms with van der Waals surface area (Å²) in [5, 5.41) is 35.9. The van der Waals surface area contributed by atoms with E-state index in [2.05, 4.69) is 0 Å². The Morgan fingerprint density at radius 1 is 0.533 bits per heavy atom. The Balaban J connectivity index is 2.40. The Labute approximate surface area is 169 Å². The summed E-state index contributed by atoms with van der Waals surface area (Å²) < 4.78 is 0. The molecule has 2 heterocycles. The molecule has 2 aliphatic rings. The lowest BCUT2D eigenvalue weighted by molar-refractivity contribution is -0.138. The van der Waals surface area contributed by atoms with Crippen LogP contribution >= 0.6 is 0 Å². The molecule has 0 bridgehead atoms. The van der Waals surface area contributed by atoms with Gasteiger partial charge in [-0.2, -0.15) is 0 Å². The van der Waals surface area contributed by atoms with Crippen molar-refractivity contribution in [3.05, 3.63) is 0 Å². The van der Waals surface area contributed by atoms with Crippen molar-refractivity contribution in [2.75, 3.05) is 26.2 Å². The predicted molar refractivity (Wildman–Crippen MR) is 94.2 cm³/mol. The molecular weight excluding hydrogens is 408 g/mol. The predicted octanol–water partition coefficient (Wildman–Crippen LogP) is -0.987. The second-order valence-electron chi connectivity index (χ2n) is 6.74. The topological polar surface area (TPSA) is 196 Å². The van der Waals surface area contributed by atoms with Crippen molar-refractivity contribution < 1.29 is 49.2 Å². The van der Waals surface area contributed by atoms with Crippen molar-refractivity contribution in [2.24, 2.45) is 0 Å². The summed E-state index contributed by atoms with van der Waals surface area (Å²) in [5.41, 5.74) is 0. The number of fused-ring (bicyclic) bond motifs is 1. The molecule has 0 aromatic rings. The van der Waals surface area contributed by atoms with Gasteiger partial charge in [0, 0.05) is 26.2 Å². The van der Waals surface area contributed by atoms with Gasteiger partial charge in [-0.25, -0.2) is 9.59 Å². The highest BCUT2D eigenvalue weighted by Crippen LogP contribution is 2.35. The summed E-state index contributed by atoms with van der Waals surface area (Å²) in [5.74, 6) is -4.81. The van der Waals surface area contributed by atoms with Gasteiger partial charge in [0.05, 0.1) is 25.7 Å². The number of carboxylic acid groups (broad SMARTS) is 4. The molecule has 0 aromatic heterocycles. The van der Waals surface area contributed by atoms with Gasteiger partial charge in [-0.15, -0.1) is 0 Å². The van der Waals surface area contributed by atoms with E-state index < -0.39 is 74.0 Å². The lowest BCUT2D eigenvalue weighted by Crippen LogP contribution is -2.48. The number of nitrogens with zero attached hydrogens (tertiary/aromatic N) is 4. The van der Waals surface area contributed by atoms with Crippen LogP contribution in [0.2, 0.25) is 0 Å². The summed E-state index contributed by atoms with van der Waals surface area (Å²) in [7, 11) is 0. The Bertz CT molecular complexity index is 638. The molecule has 4 N–H and O–H groups in total.